The summed E-state index contributed by atoms with van der Waals surface area (Å²) < 4.78 is 40.8. The summed E-state index contributed by atoms with van der Waals surface area (Å²) in [4.78, 5) is 15.2. The van der Waals surface area contributed by atoms with Gasteiger partial charge < -0.3 is 14.8 Å². The Bertz CT molecular complexity index is 1100. The van der Waals surface area contributed by atoms with E-state index in [9.17, 15) is 18.0 Å². The Kier molecular flexibility index (Phi) is 7.29. The van der Waals surface area contributed by atoms with Crippen molar-refractivity contribution in [2.75, 3.05) is 5.32 Å². The molecule has 4 rings (SSSR count). The van der Waals surface area contributed by atoms with Gasteiger partial charge in [0.2, 0.25) is 0 Å². The van der Waals surface area contributed by atoms with Gasteiger partial charge in [0.05, 0.1) is 12.1 Å². The minimum absolute atomic E-state index is 0.102. The maximum atomic E-state index is 13.3. The van der Waals surface area contributed by atoms with Gasteiger partial charge >= 0.3 is 12.2 Å². The molecule has 0 unspecified atom stereocenters. The number of anilines is 1. The van der Waals surface area contributed by atoms with Gasteiger partial charge in [0.15, 0.2) is 0 Å². The summed E-state index contributed by atoms with van der Waals surface area (Å²) in [6.07, 6.45) is 2.78. The first kappa shape index (κ1) is 23.9. The lowest BCUT2D eigenvalue weighted by atomic mass is 9.94. The monoisotopic (exact) mass is 469 g/mol. The van der Waals surface area contributed by atoms with Crippen molar-refractivity contribution < 1.29 is 18.0 Å². The molecule has 4 nitrogen and oxygen atoms in total. The molecule has 1 aliphatic rings. The zero-order valence-corrected chi connectivity index (χ0v) is 19.3. The van der Waals surface area contributed by atoms with Crippen LogP contribution in [0.3, 0.4) is 0 Å². The molecule has 1 aromatic heterocycles. The molecule has 1 heterocycles. The van der Waals surface area contributed by atoms with E-state index in [0.29, 0.717) is 18.8 Å². The first-order valence-corrected chi connectivity index (χ1v) is 11.7. The Labute approximate surface area is 198 Å². The first-order valence-electron chi connectivity index (χ1n) is 11.7. The second kappa shape index (κ2) is 10.4. The molecule has 1 aliphatic carbocycles. The van der Waals surface area contributed by atoms with Crippen molar-refractivity contribution in [1.29, 1.82) is 0 Å². The Balaban J connectivity index is 1.52. The van der Waals surface area contributed by atoms with Crippen LogP contribution in [0, 0.1) is 6.92 Å². The van der Waals surface area contributed by atoms with Crippen LogP contribution in [0.15, 0.2) is 66.9 Å². The Morgan fingerprint density at radius 1 is 1.00 bits per heavy atom. The van der Waals surface area contributed by atoms with Crippen LogP contribution in [0.5, 0.6) is 0 Å². The van der Waals surface area contributed by atoms with Crippen molar-refractivity contribution in [2.24, 2.45) is 0 Å². The van der Waals surface area contributed by atoms with E-state index in [1.165, 1.54) is 23.3 Å². The highest BCUT2D eigenvalue weighted by atomic mass is 19.4. The Morgan fingerprint density at radius 2 is 1.71 bits per heavy atom. The number of rotatable bonds is 6. The van der Waals surface area contributed by atoms with E-state index in [-0.39, 0.29) is 12.1 Å². The van der Waals surface area contributed by atoms with E-state index in [0.717, 1.165) is 49.9 Å². The van der Waals surface area contributed by atoms with Crippen LogP contribution in [-0.4, -0.2) is 21.5 Å². The predicted octanol–water partition coefficient (Wildman–Crippen LogP) is 7.23. The molecule has 0 saturated heterocycles. The number of halogens is 3. The molecule has 0 atom stereocenters. The van der Waals surface area contributed by atoms with E-state index >= 15 is 0 Å². The highest BCUT2D eigenvalue weighted by molar-refractivity contribution is 5.89. The number of carbonyl (C=O) groups excluding carboxylic acids is 1. The molecule has 1 N–H and O–H groups in total. The Hall–Kier alpha value is -3.22. The zero-order valence-electron chi connectivity index (χ0n) is 19.3. The normalized spacial score (nSPS) is 14.7. The number of aryl methyl sites for hydroxylation is 1. The molecule has 2 aromatic carbocycles. The summed E-state index contributed by atoms with van der Waals surface area (Å²) >= 11 is 0. The fourth-order valence-corrected chi connectivity index (χ4v) is 4.59. The average molecular weight is 470 g/mol. The fourth-order valence-electron chi connectivity index (χ4n) is 4.59. The van der Waals surface area contributed by atoms with Crippen molar-refractivity contribution in [3.8, 4) is 0 Å². The van der Waals surface area contributed by atoms with Crippen LogP contribution in [0.1, 0.15) is 54.5 Å². The summed E-state index contributed by atoms with van der Waals surface area (Å²) in [5.41, 5.74) is 3.08. The summed E-state index contributed by atoms with van der Waals surface area (Å²) in [5, 5.41) is 2.82. The predicted molar refractivity (Wildman–Crippen MR) is 128 cm³/mol. The highest BCUT2D eigenvalue weighted by Gasteiger charge is 2.30. The van der Waals surface area contributed by atoms with E-state index in [1.807, 2.05) is 35.4 Å². The van der Waals surface area contributed by atoms with Crippen molar-refractivity contribution in [3.05, 3.63) is 89.2 Å². The maximum Gasteiger partial charge on any atom is 0.416 e. The zero-order chi connectivity index (χ0) is 24.1. The lowest BCUT2D eigenvalue weighted by Gasteiger charge is -2.34. The molecule has 1 saturated carbocycles. The number of alkyl halides is 3. The van der Waals surface area contributed by atoms with Crippen LogP contribution in [0.25, 0.3) is 0 Å². The second-order valence-electron chi connectivity index (χ2n) is 8.98. The van der Waals surface area contributed by atoms with Crippen molar-refractivity contribution in [1.82, 2.24) is 9.47 Å². The highest BCUT2D eigenvalue weighted by Crippen LogP contribution is 2.30. The third kappa shape index (κ3) is 5.82. The van der Waals surface area contributed by atoms with Gasteiger partial charge in [0, 0.05) is 30.2 Å². The topological polar surface area (TPSA) is 37.3 Å². The van der Waals surface area contributed by atoms with Crippen LogP contribution in [0.4, 0.5) is 23.7 Å². The molecule has 34 heavy (non-hydrogen) atoms. The molecule has 0 aliphatic heterocycles. The number of benzene rings is 2. The van der Waals surface area contributed by atoms with Crippen molar-refractivity contribution in [3.63, 3.8) is 0 Å². The molecule has 7 heteroatoms. The van der Waals surface area contributed by atoms with Crippen LogP contribution >= 0.6 is 0 Å². The van der Waals surface area contributed by atoms with Crippen LogP contribution in [0.2, 0.25) is 0 Å². The Morgan fingerprint density at radius 3 is 2.38 bits per heavy atom. The fraction of sp³-hybridized carbons (Fsp3) is 0.370. The summed E-state index contributed by atoms with van der Waals surface area (Å²) in [6.45, 7) is 3.24. The lowest BCUT2D eigenvalue weighted by molar-refractivity contribution is -0.137. The van der Waals surface area contributed by atoms with E-state index in [1.54, 1.807) is 0 Å². The number of urea groups is 1. The van der Waals surface area contributed by atoms with Crippen molar-refractivity contribution >= 4 is 11.7 Å². The second-order valence-corrected chi connectivity index (χ2v) is 8.98. The van der Waals surface area contributed by atoms with Crippen LogP contribution in [-0.2, 0) is 19.3 Å². The number of nitrogens with one attached hydrogen (secondary N) is 1. The number of aromatic nitrogens is 1. The number of amides is 2. The van der Waals surface area contributed by atoms with Gasteiger partial charge in [0.25, 0.3) is 0 Å². The van der Waals surface area contributed by atoms with E-state index in [4.69, 9.17) is 0 Å². The van der Waals surface area contributed by atoms with E-state index < -0.39 is 11.7 Å². The number of hydrogen-bond acceptors (Lipinski definition) is 1. The minimum Gasteiger partial charge on any atom is -0.345 e. The lowest BCUT2D eigenvalue weighted by Crippen LogP contribution is -2.43. The molecule has 1 fully saturated rings. The molecule has 3 aromatic rings. The average Bonchev–Trinajstić information content (AvgIpc) is 3.26. The quantitative estimate of drug-likeness (QED) is 0.406. The maximum absolute atomic E-state index is 13.3. The smallest absolute Gasteiger partial charge is 0.345 e. The molecule has 0 spiro atoms. The van der Waals surface area contributed by atoms with Gasteiger partial charge in [-0.05, 0) is 67.3 Å². The third-order valence-electron chi connectivity index (χ3n) is 6.60. The molecule has 0 radical (unpaired) electrons. The molecular formula is C27H30F3N3O. The van der Waals surface area contributed by atoms with Crippen LogP contribution < -0.4 is 5.32 Å². The number of nitrogens with zero attached hydrogens (tertiary/aromatic N) is 2. The standard InChI is InChI=1S/C27H30F3N3O/c1-20-8-5-6-9-21(20)18-32-17-7-12-25(32)19-33(24-10-3-2-4-11-24)26(34)31-23-15-13-22(14-16-23)27(28,29)30/h5-9,12-17,24H,2-4,10-11,18-19H2,1H3,(H,31,34). The number of carbonyl (C=O) groups is 1. The van der Waals surface area contributed by atoms with E-state index in [2.05, 4.69) is 28.9 Å². The molecule has 180 valence electrons. The van der Waals surface area contributed by atoms with Gasteiger partial charge in [-0.3, -0.25) is 0 Å². The van der Waals surface area contributed by atoms with Gasteiger partial charge in [0.1, 0.15) is 0 Å². The molecule has 0 bridgehead atoms. The van der Waals surface area contributed by atoms with Gasteiger partial charge in [-0.2, -0.15) is 13.2 Å². The summed E-state index contributed by atoms with van der Waals surface area (Å²) in [7, 11) is 0. The summed E-state index contributed by atoms with van der Waals surface area (Å²) in [5.74, 6) is 0. The van der Waals surface area contributed by atoms with Gasteiger partial charge in [-0.25, -0.2) is 4.79 Å². The van der Waals surface area contributed by atoms with Gasteiger partial charge in [-0.1, -0.05) is 43.5 Å². The third-order valence-corrected chi connectivity index (χ3v) is 6.60. The summed E-state index contributed by atoms with van der Waals surface area (Å²) in [6, 6.07) is 16.7. The van der Waals surface area contributed by atoms with Crippen molar-refractivity contribution in [2.45, 2.75) is 64.3 Å². The first-order chi connectivity index (χ1) is 16.3. The largest absolute Gasteiger partial charge is 0.416 e. The van der Waals surface area contributed by atoms with Gasteiger partial charge in [-0.15, -0.1) is 0 Å². The molecule has 2 amide bonds. The minimum atomic E-state index is -4.40. The molecular weight excluding hydrogens is 439 g/mol. The SMILES string of the molecule is Cc1ccccc1Cn1cccc1CN(C(=O)Nc1ccc(C(F)(F)F)cc1)C1CCCCC1. The number of hydrogen-bond donors (Lipinski definition) is 1.